The molecule has 1 heterocycles. The van der Waals surface area contributed by atoms with Gasteiger partial charge in [-0.25, -0.2) is 4.39 Å². The highest BCUT2D eigenvalue weighted by atomic mass is 19.1. The number of hydrogen-bond acceptors (Lipinski definition) is 5. The lowest BCUT2D eigenvalue weighted by atomic mass is 9.96. The molecule has 2 aromatic rings. The van der Waals surface area contributed by atoms with Crippen LogP contribution in [-0.2, 0) is 4.79 Å². The third-order valence-electron chi connectivity index (χ3n) is 5.44. The number of aliphatic hydroxyl groups excluding tert-OH is 1. The fourth-order valence-corrected chi connectivity index (χ4v) is 3.70. The molecule has 0 spiro atoms. The van der Waals surface area contributed by atoms with Crippen LogP contribution in [0, 0.1) is 11.7 Å². The lowest BCUT2D eigenvalue weighted by Crippen LogP contribution is -2.46. The molecule has 2 aromatic carbocycles. The number of carbonyl (C=O) groups is 2. The van der Waals surface area contributed by atoms with E-state index in [1.807, 2.05) is 0 Å². The minimum Gasteiger partial charge on any atom is -0.497 e. The van der Waals surface area contributed by atoms with Gasteiger partial charge >= 0.3 is 0 Å². The van der Waals surface area contributed by atoms with Crippen LogP contribution in [0.2, 0.25) is 0 Å². The van der Waals surface area contributed by atoms with Crippen LogP contribution in [0.5, 0.6) is 11.5 Å². The molecular weight excluding hydrogens is 403 g/mol. The van der Waals surface area contributed by atoms with E-state index in [1.54, 1.807) is 23.1 Å². The first-order valence-corrected chi connectivity index (χ1v) is 10.2. The number of benzene rings is 2. The second-order valence-electron chi connectivity index (χ2n) is 7.47. The summed E-state index contributed by atoms with van der Waals surface area (Å²) < 4.78 is 23.6. The summed E-state index contributed by atoms with van der Waals surface area (Å²) in [6, 6.07) is 10.5. The van der Waals surface area contributed by atoms with E-state index in [0.29, 0.717) is 42.0 Å². The Morgan fingerprint density at radius 2 is 1.94 bits per heavy atom. The molecule has 1 aliphatic heterocycles. The van der Waals surface area contributed by atoms with E-state index in [-0.39, 0.29) is 30.8 Å². The fourth-order valence-electron chi connectivity index (χ4n) is 3.70. The zero-order chi connectivity index (χ0) is 22.4. The molecule has 0 aliphatic carbocycles. The fraction of sp³-hybridized carbons (Fsp3) is 0.391. The zero-order valence-corrected chi connectivity index (χ0v) is 17.6. The molecule has 0 radical (unpaired) electrons. The number of piperidine rings is 1. The average Bonchev–Trinajstić information content (AvgIpc) is 2.81. The Balaban J connectivity index is 1.59. The molecule has 1 saturated heterocycles. The number of hydrogen-bond donors (Lipinski definition) is 2. The first-order valence-electron chi connectivity index (χ1n) is 10.2. The number of rotatable bonds is 7. The van der Waals surface area contributed by atoms with Crippen molar-refractivity contribution in [1.82, 2.24) is 10.2 Å². The van der Waals surface area contributed by atoms with Gasteiger partial charge in [0.15, 0.2) is 0 Å². The zero-order valence-electron chi connectivity index (χ0n) is 17.6. The molecular formula is C23H27FN2O5. The van der Waals surface area contributed by atoms with Gasteiger partial charge in [-0.3, -0.25) is 9.59 Å². The van der Waals surface area contributed by atoms with Crippen molar-refractivity contribution in [3.05, 3.63) is 59.4 Å². The van der Waals surface area contributed by atoms with Gasteiger partial charge in [-0.15, -0.1) is 0 Å². The van der Waals surface area contributed by atoms with E-state index >= 15 is 0 Å². The van der Waals surface area contributed by atoms with Gasteiger partial charge < -0.3 is 24.8 Å². The predicted octanol–water partition coefficient (Wildman–Crippen LogP) is 2.54. The molecule has 3 rings (SSSR count). The molecule has 2 atom stereocenters. The maximum absolute atomic E-state index is 13.1. The number of nitrogens with zero attached hydrogens (tertiary/aromatic N) is 1. The Labute approximate surface area is 180 Å². The highest BCUT2D eigenvalue weighted by Gasteiger charge is 2.29. The van der Waals surface area contributed by atoms with Crippen LogP contribution in [0.25, 0.3) is 0 Å². The van der Waals surface area contributed by atoms with E-state index in [4.69, 9.17) is 9.47 Å². The number of nitrogens with one attached hydrogen (secondary N) is 1. The summed E-state index contributed by atoms with van der Waals surface area (Å²) in [5.74, 6) is -0.160. The van der Waals surface area contributed by atoms with Crippen molar-refractivity contribution in [2.45, 2.75) is 18.9 Å². The van der Waals surface area contributed by atoms with Gasteiger partial charge in [0.2, 0.25) is 5.91 Å². The van der Waals surface area contributed by atoms with Crippen molar-refractivity contribution in [2.24, 2.45) is 5.92 Å². The molecule has 2 N–H and O–H groups in total. The minimum absolute atomic E-state index is 0.00473. The lowest BCUT2D eigenvalue weighted by molar-refractivity contribution is -0.126. The van der Waals surface area contributed by atoms with Gasteiger partial charge in [-0.2, -0.15) is 0 Å². The number of ether oxygens (including phenoxy) is 2. The first kappa shape index (κ1) is 22.6. The number of likely N-dealkylation sites (tertiary alicyclic amines) is 1. The highest BCUT2D eigenvalue weighted by molar-refractivity contribution is 5.94. The third-order valence-corrected chi connectivity index (χ3v) is 5.44. The van der Waals surface area contributed by atoms with Gasteiger partial charge in [-0.1, -0.05) is 0 Å². The van der Waals surface area contributed by atoms with Crippen molar-refractivity contribution >= 4 is 11.8 Å². The molecule has 1 fully saturated rings. The molecule has 8 heteroatoms. The normalized spacial score (nSPS) is 17.0. The van der Waals surface area contributed by atoms with Crippen LogP contribution in [0.1, 0.15) is 34.9 Å². The smallest absolute Gasteiger partial charge is 0.253 e. The van der Waals surface area contributed by atoms with Crippen molar-refractivity contribution in [2.75, 3.05) is 33.9 Å². The first-order chi connectivity index (χ1) is 14.9. The summed E-state index contributed by atoms with van der Waals surface area (Å²) in [6.07, 6.45) is 0.365. The second-order valence-corrected chi connectivity index (χ2v) is 7.47. The quantitative estimate of drug-likeness (QED) is 0.705. The molecule has 1 aliphatic rings. The van der Waals surface area contributed by atoms with E-state index in [0.717, 1.165) is 0 Å². The molecule has 0 aromatic heterocycles. The van der Waals surface area contributed by atoms with Gasteiger partial charge in [0.1, 0.15) is 17.3 Å². The largest absolute Gasteiger partial charge is 0.497 e. The van der Waals surface area contributed by atoms with Gasteiger partial charge in [-0.05, 0) is 55.3 Å². The number of halogens is 1. The standard InChI is InChI=1S/C23H27FN2O5/c1-30-18-9-10-21(31-2)19(12-18)20(27)13-25-22(28)16-4-3-11-26(14-16)23(29)15-5-7-17(24)8-6-15/h5-10,12,16,20,27H,3-4,11,13-14H2,1-2H3,(H,25,28). The van der Waals surface area contributed by atoms with Crippen molar-refractivity contribution in [3.8, 4) is 11.5 Å². The van der Waals surface area contributed by atoms with E-state index in [1.165, 1.54) is 38.5 Å². The number of aliphatic hydroxyl groups is 1. The predicted molar refractivity (Wildman–Crippen MR) is 113 cm³/mol. The molecule has 2 unspecified atom stereocenters. The highest BCUT2D eigenvalue weighted by Crippen LogP contribution is 2.29. The topological polar surface area (TPSA) is 88.1 Å². The maximum Gasteiger partial charge on any atom is 0.253 e. The Kier molecular flexibility index (Phi) is 7.46. The summed E-state index contributed by atoms with van der Waals surface area (Å²) in [5, 5.41) is 13.3. The third kappa shape index (κ3) is 5.52. The maximum atomic E-state index is 13.1. The second kappa shape index (κ2) is 10.3. The summed E-state index contributed by atoms with van der Waals surface area (Å²) in [4.78, 5) is 27.0. The van der Waals surface area contributed by atoms with E-state index < -0.39 is 11.9 Å². The van der Waals surface area contributed by atoms with Crippen LogP contribution >= 0.6 is 0 Å². The summed E-state index contributed by atoms with van der Waals surface area (Å²) in [7, 11) is 3.03. The Bertz CT molecular complexity index is 919. The van der Waals surface area contributed by atoms with Crippen LogP contribution < -0.4 is 14.8 Å². The average molecular weight is 430 g/mol. The summed E-state index contributed by atoms with van der Waals surface area (Å²) in [6.45, 7) is 0.828. The van der Waals surface area contributed by atoms with Crippen LogP contribution in [0.4, 0.5) is 4.39 Å². The minimum atomic E-state index is -0.977. The molecule has 31 heavy (non-hydrogen) atoms. The van der Waals surface area contributed by atoms with Gasteiger partial charge in [0.05, 0.1) is 26.2 Å². The van der Waals surface area contributed by atoms with Crippen molar-refractivity contribution < 1.29 is 28.6 Å². The summed E-state index contributed by atoms with van der Waals surface area (Å²) >= 11 is 0. The molecule has 0 saturated carbocycles. The summed E-state index contributed by atoms with van der Waals surface area (Å²) in [5.41, 5.74) is 0.905. The molecule has 7 nitrogen and oxygen atoms in total. The van der Waals surface area contributed by atoms with Crippen molar-refractivity contribution in [3.63, 3.8) is 0 Å². The van der Waals surface area contributed by atoms with E-state index in [2.05, 4.69) is 5.32 Å². The molecule has 2 amide bonds. The van der Waals surface area contributed by atoms with Crippen molar-refractivity contribution in [1.29, 1.82) is 0 Å². The number of methoxy groups -OCH3 is 2. The Hall–Kier alpha value is -3.13. The lowest BCUT2D eigenvalue weighted by Gasteiger charge is -2.32. The van der Waals surface area contributed by atoms with Crippen LogP contribution in [0.15, 0.2) is 42.5 Å². The van der Waals surface area contributed by atoms with Gasteiger partial charge in [0.25, 0.3) is 5.91 Å². The molecule has 0 bridgehead atoms. The SMILES string of the molecule is COc1ccc(OC)c(C(O)CNC(=O)C2CCCN(C(=O)c3ccc(F)cc3)C2)c1. The van der Waals surface area contributed by atoms with E-state index in [9.17, 15) is 19.1 Å². The number of amides is 2. The monoisotopic (exact) mass is 430 g/mol. The van der Waals surface area contributed by atoms with Gasteiger partial charge in [0, 0.05) is 30.8 Å². The van der Waals surface area contributed by atoms with Crippen LogP contribution in [0.3, 0.4) is 0 Å². The van der Waals surface area contributed by atoms with Crippen LogP contribution in [-0.4, -0.2) is 55.7 Å². The Morgan fingerprint density at radius 1 is 1.19 bits per heavy atom. The Morgan fingerprint density at radius 3 is 2.61 bits per heavy atom. The number of carbonyl (C=O) groups excluding carboxylic acids is 2. The molecule has 166 valence electrons.